The lowest BCUT2D eigenvalue weighted by Crippen LogP contribution is -2.32. The normalized spacial score (nSPS) is 19.9. The minimum absolute atomic E-state index is 0.0156. The number of aryl methyl sites for hydroxylation is 1. The van der Waals surface area contributed by atoms with Crippen molar-refractivity contribution in [3.63, 3.8) is 0 Å². The van der Waals surface area contributed by atoms with Crippen LogP contribution in [0.15, 0.2) is 60.0 Å². The Bertz CT molecular complexity index is 1190. The highest BCUT2D eigenvalue weighted by Gasteiger charge is 2.41. The lowest BCUT2D eigenvalue weighted by Gasteiger charge is -2.21. The molecule has 2 aromatic carbocycles. The van der Waals surface area contributed by atoms with E-state index in [1.54, 1.807) is 41.9 Å². The second-order valence-corrected chi connectivity index (χ2v) is 9.94. The van der Waals surface area contributed by atoms with Crippen molar-refractivity contribution in [2.24, 2.45) is 7.05 Å². The van der Waals surface area contributed by atoms with Gasteiger partial charge in [-0.2, -0.15) is 4.31 Å². The minimum atomic E-state index is -3.79. The summed E-state index contributed by atoms with van der Waals surface area (Å²) in [7, 11) is -2.08. The first-order chi connectivity index (χ1) is 14.2. The number of nitrogens with one attached hydrogen (secondary N) is 1. The van der Waals surface area contributed by atoms with Crippen LogP contribution in [0.2, 0.25) is 10.0 Å². The van der Waals surface area contributed by atoms with Crippen molar-refractivity contribution >= 4 is 38.9 Å². The molecule has 0 spiro atoms. The van der Waals surface area contributed by atoms with Crippen molar-refractivity contribution in [1.29, 1.82) is 0 Å². The summed E-state index contributed by atoms with van der Waals surface area (Å²) in [4.78, 5) is 4.00. The van der Waals surface area contributed by atoms with Gasteiger partial charge in [0.1, 0.15) is 5.82 Å². The molecule has 30 heavy (non-hydrogen) atoms. The first-order valence-corrected chi connectivity index (χ1v) is 11.4. The number of hydrogen-bond acceptors (Lipinski definition) is 4. The Labute approximate surface area is 184 Å². The molecule has 2 atom stereocenters. The Morgan fingerprint density at radius 2 is 1.93 bits per heavy atom. The smallest absolute Gasteiger partial charge is 0.262 e. The van der Waals surface area contributed by atoms with Crippen molar-refractivity contribution in [1.82, 2.24) is 13.9 Å². The van der Waals surface area contributed by atoms with E-state index in [4.69, 9.17) is 23.2 Å². The van der Waals surface area contributed by atoms with Gasteiger partial charge in [0, 0.05) is 44.0 Å². The minimum Gasteiger partial charge on any atom is -0.380 e. The molecule has 1 aliphatic rings. The third kappa shape index (κ3) is 4.18. The molecule has 2 heterocycles. The van der Waals surface area contributed by atoms with Crippen molar-refractivity contribution in [2.75, 3.05) is 18.4 Å². The van der Waals surface area contributed by atoms with Gasteiger partial charge in [-0.05, 0) is 35.9 Å². The summed E-state index contributed by atoms with van der Waals surface area (Å²) in [5, 5.41) is 4.14. The number of anilines is 1. The van der Waals surface area contributed by atoms with Crippen LogP contribution < -0.4 is 5.32 Å². The van der Waals surface area contributed by atoms with Gasteiger partial charge in [0.2, 0.25) is 0 Å². The van der Waals surface area contributed by atoms with Gasteiger partial charge in [-0.1, -0.05) is 35.3 Å². The van der Waals surface area contributed by atoms with Crippen molar-refractivity contribution in [3.05, 3.63) is 76.4 Å². The summed E-state index contributed by atoms with van der Waals surface area (Å²) >= 11 is 12.1. The summed E-state index contributed by atoms with van der Waals surface area (Å²) in [5.74, 6) is -0.638. The zero-order valence-corrected chi connectivity index (χ0v) is 18.3. The Balaban J connectivity index is 1.67. The van der Waals surface area contributed by atoms with E-state index in [1.807, 2.05) is 0 Å². The van der Waals surface area contributed by atoms with Crippen molar-refractivity contribution < 1.29 is 12.8 Å². The Kier molecular flexibility index (Phi) is 5.76. The average Bonchev–Trinajstić information content (AvgIpc) is 3.32. The number of hydrogen-bond donors (Lipinski definition) is 1. The molecule has 0 amide bonds. The fraction of sp³-hybridized carbons (Fsp3) is 0.250. The molecule has 0 saturated carbocycles. The molecule has 1 saturated heterocycles. The summed E-state index contributed by atoms with van der Waals surface area (Å²) in [5.41, 5.74) is 1.42. The van der Waals surface area contributed by atoms with Crippen LogP contribution in [0.1, 0.15) is 11.5 Å². The second kappa shape index (κ2) is 8.19. The second-order valence-electron chi connectivity index (χ2n) is 7.24. The predicted octanol–water partition coefficient (Wildman–Crippen LogP) is 4.13. The van der Waals surface area contributed by atoms with Crippen LogP contribution in [-0.4, -0.2) is 41.4 Å². The number of nitrogens with zero attached hydrogens (tertiary/aromatic N) is 3. The predicted molar refractivity (Wildman–Crippen MR) is 115 cm³/mol. The highest BCUT2D eigenvalue weighted by Crippen LogP contribution is 2.34. The quantitative estimate of drug-likeness (QED) is 0.610. The number of imidazole rings is 1. The van der Waals surface area contributed by atoms with Crippen LogP contribution in [0.25, 0.3) is 0 Å². The molecule has 0 unspecified atom stereocenters. The third-order valence-corrected chi connectivity index (χ3v) is 7.58. The van der Waals surface area contributed by atoms with Gasteiger partial charge in [-0.3, -0.25) is 0 Å². The van der Waals surface area contributed by atoms with Gasteiger partial charge in [0.05, 0.1) is 16.4 Å². The van der Waals surface area contributed by atoms with E-state index in [1.165, 1.54) is 29.0 Å². The summed E-state index contributed by atoms with van der Waals surface area (Å²) in [6, 6.07) is 11.0. The first kappa shape index (κ1) is 21.1. The monoisotopic (exact) mass is 468 g/mol. The summed E-state index contributed by atoms with van der Waals surface area (Å²) in [6.07, 6.45) is 2.91. The highest BCUT2D eigenvalue weighted by molar-refractivity contribution is 7.89. The maximum Gasteiger partial charge on any atom is 0.262 e. The lowest BCUT2D eigenvalue weighted by atomic mass is 9.94. The van der Waals surface area contributed by atoms with Gasteiger partial charge in [-0.15, -0.1) is 0 Å². The molecule has 1 aromatic heterocycles. The summed E-state index contributed by atoms with van der Waals surface area (Å²) < 4.78 is 43.0. The van der Waals surface area contributed by atoms with Gasteiger partial charge in [0.25, 0.3) is 10.0 Å². The number of benzene rings is 2. The number of sulfonamides is 1. The Morgan fingerprint density at radius 3 is 2.60 bits per heavy atom. The largest absolute Gasteiger partial charge is 0.380 e. The van der Waals surface area contributed by atoms with E-state index in [-0.39, 0.29) is 35.9 Å². The highest BCUT2D eigenvalue weighted by atomic mass is 35.5. The molecule has 0 aliphatic carbocycles. The number of aromatic nitrogens is 2. The zero-order valence-electron chi connectivity index (χ0n) is 16.0. The molecule has 0 radical (unpaired) electrons. The van der Waals surface area contributed by atoms with E-state index in [0.717, 1.165) is 0 Å². The van der Waals surface area contributed by atoms with Crippen LogP contribution in [0, 0.1) is 5.82 Å². The van der Waals surface area contributed by atoms with Crippen LogP contribution in [0.3, 0.4) is 0 Å². The molecule has 10 heteroatoms. The number of rotatable bonds is 5. The van der Waals surface area contributed by atoms with Crippen LogP contribution in [-0.2, 0) is 17.1 Å². The van der Waals surface area contributed by atoms with Gasteiger partial charge >= 0.3 is 0 Å². The molecular formula is C20H19Cl2FN4O2S. The van der Waals surface area contributed by atoms with Crippen LogP contribution in [0.4, 0.5) is 10.1 Å². The molecule has 3 aromatic rings. The molecule has 1 fully saturated rings. The fourth-order valence-electron chi connectivity index (χ4n) is 3.64. The lowest BCUT2D eigenvalue weighted by molar-refractivity contribution is 0.468. The van der Waals surface area contributed by atoms with E-state index in [2.05, 4.69) is 10.3 Å². The Morgan fingerprint density at radius 1 is 1.13 bits per heavy atom. The molecular weight excluding hydrogens is 450 g/mol. The zero-order chi connectivity index (χ0) is 21.5. The van der Waals surface area contributed by atoms with E-state index < -0.39 is 10.0 Å². The van der Waals surface area contributed by atoms with E-state index >= 15 is 0 Å². The third-order valence-electron chi connectivity index (χ3n) is 5.12. The molecule has 4 rings (SSSR count). The SMILES string of the molecule is Cn1cnc(S(=O)(=O)N2C[C@H](Nc3ccc(Cl)c(Cl)c3)[C@@H](c3cccc(F)c3)C2)c1. The standard InChI is InChI=1S/C20H19Cl2FN4O2S/c1-26-11-20(24-12-26)30(28,29)27-9-16(13-3-2-4-14(23)7-13)19(10-27)25-15-5-6-17(21)18(22)8-15/h2-8,11-12,16,19,25H,9-10H2,1H3/t16-,19+/m1/s1. The average molecular weight is 469 g/mol. The summed E-state index contributed by atoms with van der Waals surface area (Å²) in [6.45, 7) is 0.391. The van der Waals surface area contributed by atoms with Crippen LogP contribution >= 0.6 is 23.2 Å². The molecule has 1 aliphatic heterocycles. The molecule has 6 nitrogen and oxygen atoms in total. The van der Waals surface area contributed by atoms with Gasteiger partial charge < -0.3 is 9.88 Å². The van der Waals surface area contributed by atoms with E-state index in [0.29, 0.717) is 21.3 Å². The topological polar surface area (TPSA) is 67.2 Å². The molecule has 1 N–H and O–H groups in total. The maximum atomic E-state index is 13.9. The Hall–Kier alpha value is -2.13. The van der Waals surface area contributed by atoms with Crippen molar-refractivity contribution in [3.8, 4) is 0 Å². The van der Waals surface area contributed by atoms with E-state index in [9.17, 15) is 12.8 Å². The maximum absolute atomic E-state index is 13.9. The molecule has 158 valence electrons. The fourth-order valence-corrected chi connectivity index (χ4v) is 5.40. The molecule has 0 bridgehead atoms. The van der Waals surface area contributed by atoms with Gasteiger partial charge in [0.15, 0.2) is 5.03 Å². The van der Waals surface area contributed by atoms with Gasteiger partial charge in [-0.25, -0.2) is 17.8 Å². The number of halogens is 3. The van der Waals surface area contributed by atoms with Crippen LogP contribution in [0.5, 0.6) is 0 Å². The first-order valence-electron chi connectivity index (χ1n) is 9.19. The van der Waals surface area contributed by atoms with Crippen molar-refractivity contribution in [2.45, 2.75) is 17.0 Å².